The van der Waals surface area contributed by atoms with Gasteiger partial charge in [-0.1, -0.05) is 27.2 Å². The molecule has 0 saturated heterocycles. The monoisotopic (exact) mass is 258 g/mol. The molecule has 0 rings (SSSR count). The fourth-order valence-corrected chi connectivity index (χ4v) is 1.96. The third kappa shape index (κ3) is 8.48. The van der Waals surface area contributed by atoms with Crippen molar-refractivity contribution >= 4 is 5.91 Å². The molecule has 4 nitrogen and oxygen atoms in total. The van der Waals surface area contributed by atoms with E-state index in [1.807, 2.05) is 13.8 Å². The number of unbranched alkanes of at least 4 members (excludes halogenated alkanes) is 1. The lowest BCUT2D eigenvalue weighted by Crippen LogP contribution is -2.48. The minimum atomic E-state index is -0.758. The first kappa shape index (κ1) is 17.4. The van der Waals surface area contributed by atoms with Crippen LogP contribution >= 0.6 is 0 Å². The van der Waals surface area contributed by atoms with Crippen LogP contribution < -0.4 is 10.6 Å². The van der Waals surface area contributed by atoms with E-state index in [9.17, 15) is 9.90 Å². The number of rotatable bonds is 9. The number of carbonyl (C=O) groups excluding carboxylic acids is 1. The molecule has 0 saturated carbocycles. The van der Waals surface area contributed by atoms with Crippen molar-refractivity contribution in [3.05, 3.63) is 0 Å². The van der Waals surface area contributed by atoms with Crippen LogP contribution in [0.4, 0.5) is 0 Å². The Hall–Kier alpha value is -0.610. The van der Waals surface area contributed by atoms with Crippen molar-refractivity contribution in [2.75, 3.05) is 13.1 Å². The molecule has 0 aromatic heterocycles. The average Bonchev–Trinajstić information content (AvgIpc) is 2.24. The summed E-state index contributed by atoms with van der Waals surface area (Å²) in [5.74, 6) is 0.444. The lowest BCUT2D eigenvalue weighted by molar-refractivity contribution is -0.123. The molecule has 18 heavy (non-hydrogen) atoms. The normalized spacial score (nSPS) is 16.4. The minimum Gasteiger partial charge on any atom is -0.389 e. The van der Waals surface area contributed by atoms with Gasteiger partial charge in [-0.3, -0.25) is 4.79 Å². The number of aliphatic hydroxyl groups is 1. The van der Waals surface area contributed by atoms with E-state index < -0.39 is 5.60 Å². The van der Waals surface area contributed by atoms with Crippen molar-refractivity contribution in [2.45, 2.75) is 65.5 Å². The Balaban J connectivity index is 3.93. The van der Waals surface area contributed by atoms with Crippen LogP contribution in [0.25, 0.3) is 0 Å². The molecule has 0 fully saturated rings. The summed E-state index contributed by atoms with van der Waals surface area (Å²) in [6, 6.07) is -0.263. The fraction of sp³-hybridized carbons (Fsp3) is 0.929. The molecule has 0 aliphatic heterocycles. The summed E-state index contributed by atoms with van der Waals surface area (Å²) < 4.78 is 0. The summed E-state index contributed by atoms with van der Waals surface area (Å²) in [6.07, 6.45) is 2.80. The van der Waals surface area contributed by atoms with E-state index in [1.54, 1.807) is 0 Å². The van der Waals surface area contributed by atoms with Crippen LogP contribution in [-0.4, -0.2) is 35.7 Å². The van der Waals surface area contributed by atoms with E-state index in [0.717, 1.165) is 25.8 Å². The Morgan fingerprint density at radius 2 is 1.94 bits per heavy atom. The highest BCUT2D eigenvalue weighted by Gasteiger charge is 2.23. The van der Waals surface area contributed by atoms with E-state index in [4.69, 9.17) is 0 Å². The van der Waals surface area contributed by atoms with Crippen molar-refractivity contribution in [1.82, 2.24) is 10.6 Å². The highest BCUT2D eigenvalue weighted by molar-refractivity contribution is 5.81. The van der Waals surface area contributed by atoms with Gasteiger partial charge in [-0.2, -0.15) is 0 Å². The molecule has 0 bridgehead atoms. The Morgan fingerprint density at radius 3 is 2.44 bits per heavy atom. The predicted octanol–water partition coefficient (Wildman–Crippen LogP) is 1.68. The molecule has 1 amide bonds. The molecule has 0 aliphatic carbocycles. The van der Waals surface area contributed by atoms with Gasteiger partial charge in [0.25, 0.3) is 0 Å². The minimum absolute atomic E-state index is 0.00352. The molecule has 3 N–H and O–H groups in total. The first-order valence-electron chi connectivity index (χ1n) is 7.02. The zero-order chi connectivity index (χ0) is 14.2. The summed E-state index contributed by atoms with van der Waals surface area (Å²) in [6.45, 7) is 11.0. The smallest absolute Gasteiger partial charge is 0.236 e. The van der Waals surface area contributed by atoms with E-state index in [-0.39, 0.29) is 11.9 Å². The summed E-state index contributed by atoms with van der Waals surface area (Å²) >= 11 is 0. The quantitative estimate of drug-likeness (QED) is 0.551. The van der Waals surface area contributed by atoms with Gasteiger partial charge in [0.15, 0.2) is 0 Å². The van der Waals surface area contributed by atoms with Crippen molar-refractivity contribution in [3.8, 4) is 0 Å². The summed E-state index contributed by atoms with van der Waals surface area (Å²) in [5.41, 5.74) is -0.758. The lowest BCUT2D eigenvalue weighted by atomic mass is 9.94. The van der Waals surface area contributed by atoms with Gasteiger partial charge in [-0.05, 0) is 32.6 Å². The van der Waals surface area contributed by atoms with Crippen LogP contribution in [-0.2, 0) is 4.79 Å². The number of carbonyl (C=O) groups is 1. The van der Waals surface area contributed by atoms with Gasteiger partial charge >= 0.3 is 0 Å². The fourth-order valence-electron chi connectivity index (χ4n) is 1.96. The standard InChI is InChI=1S/C14H30N2O2/c1-6-7-8-15-13(17)12(4)16-10-14(5,18)9-11(2)3/h11-12,16,18H,6-10H2,1-5H3,(H,15,17). The molecule has 0 aromatic carbocycles. The van der Waals surface area contributed by atoms with Crippen LogP contribution in [0, 0.1) is 5.92 Å². The SMILES string of the molecule is CCCCNC(=O)C(C)NCC(C)(O)CC(C)C. The Bertz CT molecular complexity index is 240. The van der Waals surface area contributed by atoms with E-state index in [0.29, 0.717) is 12.5 Å². The van der Waals surface area contributed by atoms with Gasteiger partial charge in [0.2, 0.25) is 5.91 Å². The second-order valence-electron chi connectivity index (χ2n) is 5.84. The lowest BCUT2D eigenvalue weighted by Gasteiger charge is -2.27. The molecule has 0 aliphatic rings. The highest BCUT2D eigenvalue weighted by Crippen LogP contribution is 2.15. The zero-order valence-electron chi connectivity index (χ0n) is 12.5. The maximum atomic E-state index is 11.7. The second-order valence-corrected chi connectivity index (χ2v) is 5.84. The van der Waals surface area contributed by atoms with Gasteiger partial charge in [-0.25, -0.2) is 0 Å². The van der Waals surface area contributed by atoms with Crippen LogP contribution in [0.15, 0.2) is 0 Å². The zero-order valence-corrected chi connectivity index (χ0v) is 12.5. The number of hydrogen-bond acceptors (Lipinski definition) is 3. The molecule has 2 unspecified atom stereocenters. The third-order valence-corrected chi connectivity index (χ3v) is 2.86. The number of nitrogens with one attached hydrogen (secondary N) is 2. The van der Waals surface area contributed by atoms with Gasteiger partial charge in [0.1, 0.15) is 0 Å². The second kappa shape index (κ2) is 8.48. The molecular weight excluding hydrogens is 228 g/mol. The third-order valence-electron chi connectivity index (χ3n) is 2.86. The van der Waals surface area contributed by atoms with Crippen molar-refractivity contribution < 1.29 is 9.90 Å². The summed E-state index contributed by atoms with van der Waals surface area (Å²) in [7, 11) is 0. The largest absolute Gasteiger partial charge is 0.389 e. The van der Waals surface area contributed by atoms with Crippen LogP contribution in [0.2, 0.25) is 0 Å². The Kier molecular flexibility index (Phi) is 8.20. The first-order valence-corrected chi connectivity index (χ1v) is 7.02. The van der Waals surface area contributed by atoms with E-state index >= 15 is 0 Å². The van der Waals surface area contributed by atoms with Gasteiger partial charge in [0, 0.05) is 13.1 Å². The molecule has 4 heteroatoms. The molecule has 0 radical (unpaired) electrons. The van der Waals surface area contributed by atoms with Crippen molar-refractivity contribution in [3.63, 3.8) is 0 Å². The molecule has 0 aromatic rings. The maximum Gasteiger partial charge on any atom is 0.236 e. The van der Waals surface area contributed by atoms with Crippen LogP contribution in [0.5, 0.6) is 0 Å². The Labute approximate surface area is 112 Å². The highest BCUT2D eigenvalue weighted by atomic mass is 16.3. The summed E-state index contributed by atoms with van der Waals surface area (Å²) in [5, 5.41) is 16.1. The maximum absolute atomic E-state index is 11.7. The number of amides is 1. The Morgan fingerprint density at radius 1 is 1.33 bits per heavy atom. The topological polar surface area (TPSA) is 61.4 Å². The molecule has 108 valence electrons. The number of hydrogen-bond donors (Lipinski definition) is 3. The molecule has 0 heterocycles. The van der Waals surface area contributed by atoms with Gasteiger partial charge in [-0.15, -0.1) is 0 Å². The first-order chi connectivity index (χ1) is 8.28. The van der Waals surface area contributed by atoms with Crippen molar-refractivity contribution in [1.29, 1.82) is 0 Å². The predicted molar refractivity (Wildman–Crippen MR) is 75.5 cm³/mol. The van der Waals surface area contributed by atoms with Crippen LogP contribution in [0.1, 0.15) is 53.9 Å². The van der Waals surface area contributed by atoms with Crippen molar-refractivity contribution in [2.24, 2.45) is 5.92 Å². The van der Waals surface area contributed by atoms with E-state index in [2.05, 4.69) is 31.4 Å². The van der Waals surface area contributed by atoms with Gasteiger partial charge < -0.3 is 15.7 Å². The van der Waals surface area contributed by atoms with Crippen LogP contribution in [0.3, 0.4) is 0 Å². The average molecular weight is 258 g/mol. The molecule has 0 spiro atoms. The molecular formula is C14H30N2O2. The summed E-state index contributed by atoms with van der Waals surface area (Å²) in [4.78, 5) is 11.7. The van der Waals surface area contributed by atoms with E-state index in [1.165, 1.54) is 0 Å². The molecule has 2 atom stereocenters. The van der Waals surface area contributed by atoms with Gasteiger partial charge in [0.05, 0.1) is 11.6 Å².